The van der Waals surface area contributed by atoms with Crippen LogP contribution in [0.5, 0.6) is 0 Å². The Balaban J connectivity index is 0.00000199. The number of unbranched alkanes of at least 4 members (excludes halogenated alkanes) is 3. The van der Waals surface area contributed by atoms with Gasteiger partial charge in [-0.3, -0.25) is 48.1 Å². The number of benzene rings is 3. The van der Waals surface area contributed by atoms with Crippen LogP contribution >= 0.6 is 0 Å². The van der Waals surface area contributed by atoms with Crippen molar-refractivity contribution in [1.29, 1.82) is 0 Å². The predicted octanol–water partition coefficient (Wildman–Crippen LogP) is 4.45. The zero-order chi connectivity index (χ0) is 51.0. The van der Waals surface area contributed by atoms with E-state index in [0.717, 1.165) is 98.4 Å². The van der Waals surface area contributed by atoms with Crippen LogP contribution < -0.4 is 32.7 Å². The minimum Gasteiger partial charge on any atom is -0.481 e. The van der Waals surface area contributed by atoms with Crippen LogP contribution in [0.25, 0.3) is 11.0 Å². The Labute approximate surface area is 414 Å². The lowest BCUT2D eigenvalue weighted by atomic mass is 10.0. The summed E-state index contributed by atoms with van der Waals surface area (Å²) in [6, 6.07) is 17.4. The molecule has 0 spiro atoms. The van der Waals surface area contributed by atoms with E-state index in [0.29, 0.717) is 64.0 Å². The number of rotatable bonds is 25. The number of anilines is 1. The number of primary amides is 1. The van der Waals surface area contributed by atoms with Gasteiger partial charge in [0.15, 0.2) is 0 Å². The van der Waals surface area contributed by atoms with E-state index >= 15 is 0 Å². The third-order valence-electron chi connectivity index (χ3n) is 13.4. The third kappa shape index (κ3) is 14.7. The summed E-state index contributed by atoms with van der Waals surface area (Å²) in [7, 11) is 1.73. The monoisotopic (exact) mass is 982 g/mol. The molecule has 3 aliphatic heterocycles. The number of carboxylic acids is 1. The van der Waals surface area contributed by atoms with Gasteiger partial charge in [0.05, 0.1) is 41.5 Å². The highest BCUT2D eigenvalue weighted by Crippen LogP contribution is 2.39. The van der Waals surface area contributed by atoms with Gasteiger partial charge in [0, 0.05) is 59.7 Å². The average Bonchev–Trinajstić information content (AvgIpc) is 3.81. The number of aromatic nitrogens is 2. The number of fused-ring (bicyclic) bond motifs is 1. The Bertz CT molecular complexity index is 2550. The number of aliphatic carboxylic acids is 1. The van der Waals surface area contributed by atoms with Crippen molar-refractivity contribution in [3.8, 4) is 0 Å². The first-order valence-electron chi connectivity index (χ1n) is 25.0. The van der Waals surface area contributed by atoms with Gasteiger partial charge >= 0.3 is 5.69 Å². The number of carbonyl (C=O) groups excluding carboxylic acids is 5. The number of aryl methyl sites for hydroxylation is 4. The van der Waals surface area contributed by atoms with Crippen molar-refractivity contribution in [3.05, 3.63) is 99.0 Å². The van der Waals surface area contributed by atoms with E-state index in [-0.39, 0.29) is 36.3 Å². The number of nitrogens with zero attached hydrogens (tertiary/aromatic N) is 3. The second-order valence-corrected chi connectivity index (χ2v) is 18.8. The van der Waals surface area contributed by atoms with Gasteiger partial charge in [-0.05, 0) is 105 Å². The topological polar surface area (TPSA) is 257 Å². The van der Waals surface area contributed by atoms with E-state index < -0.39 is 48.1 Å². The maximum absolute atomic E-state index is 13.8. The first-order chi connectivity index (χ1) is 34.1. The average molecular weight is 982 g/mol. The highest BCUT2D eigenvalue weighted by Gasteiger charge is 2.43. The number of carboxylic acid groups (broad SMARTS) is 1. The first-order valence-corrected chi connectivity index (χ1v) is 25.0. The molecule has 5 amide bonds. The number of carbonyl (C=O) groups is 6. The van der Waals surface area contributed by atoms with Crippen molar-refractivity contribution in [2.75, 3.05) is 31.3 Å². The molecular weight excluding hydrogens is 911 g/mol. The zero-order valence-corrected chi connectivity index (χ0v) is 41.3. The summed E-state index contributed by atoms with van der Waals surface area (Å²) >= 11 is 0. The Morgan fingerprint density at radius 2 is 1.46 bits per heavy atom. The number of ether oxygens (including phenoxy) is 3. The molecule has 0 bridgehead atoms. The second-order valence-electron chi connectivity index (χ2n) is 18.8. The van der Waals surface area contributed by atoms with E-state index in [2.05, 4.69) is 22.8 Å². The van der Waals surface area contributed by atoms with Crippen LogP contribution in [-0.2, 0) is 82.3 Å². The van der Waals surface area contributed by atoms with Gasteiger partial charge in [-0.1, -0.05) is 67.4 Å². The minimum atomic E-state index is -0.833. The number of para-hydroxylation sites is 2. The summed E-state index contributed by atoms with van der Waals surface area (Å²) in [5, 5.41) is 12.9. The number of piperidine rings is 1. The second kappa shape index (κ2) is 26.3. The molecule has 7 N–H and O–H groups in total. The maximum atomic E-state index is 13.8. The molecule has 3 aromatic carbocycles. The molecule has 0 radical (unpaired) electrons. The molecule has 4 aromatic rings. The van der Waals surface area contributed by atoms with Gasteiger partial charge in [0.1, 0.15) is 12.1 Å². The Hall–Kier alpha value is -6.21. The Morgan fingerprint density at radius 1 is 0.831 bits per heavy atom. The third-order valence-corrected chi connectivity index (χ3v) is 13.4. The van der Waals surface area contributed by atoms with Crippen LogP contribution in [0, 0.1) is 0 Å². The molecule has 71 heavy (non-hydrogen) atoms. The summed E-state index contributed by atoms with van der Waals surface area (Å²) in [5.74, 6) is -2.59. The van der Waals surface area contributed by atoms with Crippen LogP contribution in [0.1, 0.15) is 118 Å². The smallest absolute Gasteiger partial charge is 0.329 e. The van der Waals surface area contributed by atoms with E-state index in [4.69, 9.17) is 35.6 Å². The fraction of sp³-hybridized carbons (Fsp3) is 0.528. The molecule has 18 nitrogen and oxygen atoms in total. The molecular formula is C53H71N7O11. The summed E-state index contributed by atoms with van der Waals surface area (Å²) in [4.78, 5) is 87.0. The molecule has 18 heteroatoms. The lowest BCUT2D eigenvalue weighted by Crippen LogP contribution is -2.55. The van der Waals surface area contributed by atoms with Crippen molar-refractivity contribution in [3.63, 3.8) is 0 Å². The number of amides is 5. The standard InChI is InChI=1S/C51H67N7O9.C2H4O2/c1-33(40(23-25-44(53)59)54-49(62)43-31-38-14-7-12-37-21-22-39(52)50(63)58(43)46(37)38)67-32-35-19-17-34(18-20-35)11-9-29-65-27-5-3-4-6-28-66-30-10-15-36-13-8-16-41-47(36)56(2)51(64)57(41)42-24-26-45(60)55-48(42)61;1-2(3)4/h7-8,12-14,16-20,33,39-40,42-43H,3-6,9-11,15,21-32,52H2,1-2H3,(H2,53,59)(H,54,62)(H,55,60,61);1H3,(H,3,4)/t33-,39+,40+,42?,43+;/m1./s1. The van der Waals surface area contributed by atoms with E-state index in [1.807, 2.05) is 55.5 Å². The fourth-order valence-electron chi connectivity index (χ4n) is 9.67. The highest BCUT2D eigenvalue weighted by atomic mass is 16.5. The van der Waals surface area contributed by atoms with Gasteiger partial charge in [-0.25, -0.2) is 4.79 Å². The van der Waals surface area contributed by atoms with Crippen molar-refractivity contribution >= 4 is 52.2 Å². The van der Waals surface area contributed by atoms with Gasteiger partial charge < -0.3 is 36.1 Å². The molecule has 1 saturated heterocycles. The molecule has 384 valence electrons. The number of imidazole rings is 1. The van der Waals surface area contributed by atoms with Crippen LogP contribution in [0.4, 0.5) is 5.69 Å². The predicted molar refractivity (Wildman–Crippen MR) is 267 cm³/mol. The van der Waals surface area contributed by atoms with Crippen LogP contribution in [0.3, 0.4) is 0 Å². The molecule has 0 aliphatic carbocycles. The van der Waals surface area contributed by atoms with E-state index in [9.17, 15) is 28.8 Å². The van der Waals surface area contributed by atoms with Gasteiger partial charge in [0.2, 0.25) is 29.5 Å². The number of hydrogen-bond donors (Lipinski definition) is 5. The van der Waals surface area contributed by atoms with Crippen molar-refractivity contribution < 1.29 is 48.1 Å². The summed E-state index contributed by atoms with van der Waals surface area (Å²) in [5.41, 5.74) is 19.0. The molecule has 5 atom stereocenters. The van der Waals surface area contributed by atoms with Crippen molar-refractivity contribution in [2.24, 2.45) is 18.5 Å². The molecule has 0 saturated carbocycles. The Morgan fingerprint density at radius 3 is 2.14 bits per heavy atom. The van der Waals surface area contributed by atoms with Gasteiger partial charge in [-0.2, -0.15) is 0 Å². The highest BCUT2D eigenvalue weighted by molar-refractivity contribution is 6.07. The van der Waals surface area contributed by atoms with Crippen molar-refractivity contribution in [2.45, 2.75) is 147 Å². The first kappa shape index (κ1) is 54.1. The maximum Gasteiger partial charge on any atom is 0.329 e. The van der Waals surface area contributed by atoms with E-state index in [1.54, 1.807) is 16.5 Å². The van der Waals surface area contributed by atoms with Crippen LogP contribution in [0.15, 0.2) is 65.5 Å². The summed E-state index contributed by atoms with van der Waals surface area (Å²) in [6.45, 7) is 6.03. The van der Waals surface area contributed by atoms with E-state index in [1.165, 1.54) is 10.1 Å². The molecule has 1 unspecified atom stereocenters. The fourth-order valence-corrected chi connectivity index (χ4v) is 9.67. The molecule has 1 fully saturated rings. The van der Waals surface area contributed by atoms with Gasteiger partial charge in [-0.15, -0.1) is 0 Å². The number of nitrogens with two attached hydrogens (primary N) is 2. The molecule has 1 aromatic heterocycles. The normalized spacial score (nSPS) is 18.3. The van der Waals surface area contributed by atoms with Gasteiger partial charge in [0.25, 0.3) is 5.97 Å². The largest absolute Gasteiger partial charge is 0.481 e. The lowest BCUT2D eigenvalue weighted by molar-refractivity contribution is -0.136. The molecule has 3 aliphatic rings. The molecule has 4 heterocycles. The molecule has 7 rings (SSSR count). The SMILES string of the molecule is CC(=O)O.C[C@@H](OCc1ccc(CCCOCCCCCCOCCCc2cccc3c2n(C)c(=O)n3C2CCC(=O)NC2=O)cc1)[C@H](CCC(N)=O)NC(=O)[C@@H]1Cc2cccc3c2N1C(=O)[C@@H](N)CC3. The number of imide groups is 1. The zero-order valence-electron chi connectivity index (χ0n) is 41.3. The summed E-state index contributed by atoms with van der Waals surface area (Å²) in [6.07, 6.45) is 9.58. The number of hydrogen-bond acceptors (Lipinski definition) is 11. The minimum absolute atomic E-state index is 0.0827. The van der Waals surface area contributed by atoms with Crippen LogP contribution in [0.2, 0.25) is 0 Å². The van der Waals surface area contributed by atoms with Crippen LogP contribution in [-0.4, -0.2) is 100 Å². The Kier molecular flexibility index (Phi) is 20.0. The van der Waals surface area contributed by atoms with Crippen molar-refractivity contribution in [1.82, 2.24) is 19.8 Å². The summed E-state index contributed by atoms with van der Waals surface area (Å²) < 4.78 is 21.2. The quantitative estimate of drug-likeness (QED) is 0.0456. The lowest BCUT2D eigenvalue weighted by Gasteiger charge is -2.30. The number of nitrogens with one attached hydrogen (secondary N) is 2.